The molecule has 0 aliphatic heterocycles. The number of hydroxylamine groups is 1. The quantitative estimate of drug-likeness (QED) is 0.111. The number of amides is 1. The van der Waals surface area contributed by atoms with Gasteiger partial charge in [0.15, 0.2) is 12.4 Å². The summed E-state index contributed by atoms with van der Waals surface area (Å²) < 4.78 is 5.62. The van der Waals surface area contributed by atoms with E-state index >= 15 is 0 Å². The van der Waals surface area contributed by atoms with E-state index in [1.807, 2.05) is 6.07 Å². The largest absolute Gasteiger partial charge is 0.619 e. The van der Waals surface area contributed by atoms with E-state index < -0.39 is 23.9 Å². The fourth-order valence-electron chi connectivity index (χ4n) is 3.42. The Morgan fingerprint density at radius 2 is 1.71 bits per heavy atom. The van der Waals surface area contributed by atoms with E-state index in [0.717, 1.165) is 16.7 Å². The molecule has 1 heterocycles. The molecule has 9 nitrogen and oxygen atoms in total. The van der Waals surface area contributed by atoms with Gasteiger partial charge in [-0.15, -0.1) is 0 Å². The number of methoxy groups -OCH3 is 1. The third-order valence-corrected chi connectivity index (χ3v) is 5.38. The molecule has 0 saturated heterocycles. The molecule has 0 radical (unpaired) electrons. The molecule has 9 heteroatoms. The van der Waals surface area contributed by atoms with Crippen molar-refractivity contribution in [2.24, 2.45) is 11.7 Å². The number of hydrogen-bond donors (Lipinski definition) is 3. The van der Waals surface area contributed by atoms with Crippen LogP contribution in [-0.4, -0.2) is 30.9 Å². The van der Waals surface area contributed by atoms with Gasteiger partial charge in [-0.25, -0.2) is 5.48 Å². The SMILES string of the molecule is COC(=O)C(Cc1cccc(C(=N)N)c1)[C@@H](C)ONC(=O)c1ccc(-c2cc[n+]([O-])cc2)cc1. The number of nitrogen functional groups attached to an aromatic ring is 1. The lowest BCUT2D eigenvalue weighted by Crippen LogP contribution is -2.37. The summed E-state index contributed by atoms with van der Waals surface area (Å²) in [7, 11) is 1.29. The van der Waals surface area contributed by atoms with Gasteiger partial charge in [-0.05, 0) is 48.2 Å². The van der Waals surface area contributed by atoms with Crippen LogP contribution in [0, 0.1) is 16.5 Å². The molecule has 0 fully saturated rings. The number of nitrogens with one attached hydrogen (secondary N) is 2. The Morgan fingerprint density at radius 1 is 1.06 bits per heavy atom. The second-order valence-electron chi connectivity index (χ2n) is 7.73. The molecule has 2 aromatic carbocycles. The molecule has 3 rings (SSSR count). The number of nitrogens with zero attached hydrogens (tertiary/aromatic N) is 1. The molecule has 0 aliphatic carbocycles. The number of carbonyl (C=O) groups excluding carboxylic acids is 2. The number of carbonyl (C=O) groups is 2. The predicted molar refractivity (Wildman–Crippen MR) is 126 cm³/mol. The van der Waals surface area contributed by atoms with Gasteiger partial charge >= 0.3 is 5.97 Å². The lowest BCUT2D eigenvalue weighted by Gasteiger charge is -2.22. The summed E-state index contributed by atoms with van der Waals surface area (Å²) in [6, 6.07) is 17.2. The van der Waals surface area contributed by atoms with Crippen LogP contribution in [0.5, 0.6) is 0 Å². The normalized spacial score (nSPS) is 12.4. The minimum Gasteiger partial charge on any atom is -0.619 e. The first kappa shape index (κ1) is 24.4. The highest BCUT2D eigenvalue weighted by Crippen LogP contribution is 2.20. The highest BCUT2D eigenvalue weighted by Gasteiger charge is 2.28. The Morgan fingerprint density at radius 3 is 2.32 bits per heavy atom. The lowest BCUT2D eigenvalue weighted by atomic mass is 9.94. The maximum Gasteiger partial charge on any atom is 0.311 e. The van der Waals surface area contributed by atoms with Crippen molar-refractivity contribution >= 4 is 17.7 Å². The standard InChI is InChI=1S/C25H26N4O5/c1-16(22(25(31)33-2)15-17-4-3-5-21(14-17)23(26)27)34-28-24(30)20-8-6-18(7-9-20)19-10-12-29(32)13-11-19/h3-14,16,22H,15H2,1-2H3,(H3,26,27)(H,28,30)/t16-,22?/m1/s1. The number of rotatable bonds is 9. The Labute approximate surface area is 197 Å². The number of hydrogen-bond acceptors (Lipinski definition) is 6. The minimum absolute atomic E-state index is 0.0691. The van der Waals surface area contributed by atoms with Gasteiger partial charge in [-0.3, -0.25) is 19.8 Å². The van der Waals surface area contributed by atoms with E-state index in [-0.39, 0.29) is 12.3 Å². The Hall–Kier alpha value is -4.24. The summed E-state index contributed by atoms with van der Waals surface area (Å²) in [5.41, 5.74) is 11.3. The van der Waals surface area contributed by atoms with Crippen LogP contribution in [0.25, 0.3) is 11.1 Å². The number of ether oxygens (including phenoxy) is 1. The average Bonchev–Trinajstić information content (AvgIpc) is 2.86. The van der Waals surface area contributed by atoms with E-state index in [1.54, 1.807) is 61.5 Å². The first-order valence-corrected chi connectivity index (χ1v) is 10.5. The zero-order valence-electron chi connectivity index (χ0n) is 18.9. The fraction of sp³-hybridized carbons (Fsp3) is 0.200. The molecule has 0 saturated carbocycles. The molecule has 0 aliphatic rings. The van der Waals surface area contributed by atoms with Gasteiger partial charge in [0.2, 0.25) is 0 Å². The van der Waals surface area contributed by atoms with Crippen LogP contribution in [0.2, 0.25) is 0 Å². The molecule has 34 heavy (non-hydrogen) atoms. The molecule has 1 amide bonds. The highest BCUT2D eigenvalue weighted by atomic mass is 16.7. The maximum atomic E-state index is 12.5. The smallest absolute Gasteiger partial charge is 0.311 e. The third kappa shape index (κ3) is 6.17. The zero-order valence-corrected chi connectivity index (χ0v) is 18.9. The van der Waals surface area contributed by atoms with Crippen LogP contribution >= 0.6 is 0 Å². The predicted octanol–water partition coefficient (Wildman–Crippen LogP) is 2.35. The van der Waals surface area contributed by atoms with Crippen LogP contribution < -0.4 is 15.9 Å². The second kappa shape index (κ2) is 11.1. The van der Waals surface area contributed by atoms with Gasteiger partial charge < -0.3 is 15.7 Å². The van der Waals surface area contributed by atoms with Crippen molar-refractivity contribution in [1.82, 2.24) is 5.48 Å². The maximum absolute atomic E-state index is 12.5. The monoisotopic (exact) mass is 462 g/mol. The average molecular weight is 463 g/mol. The van der Waals surface area contributed by atoms with Crippen LogP contribution in [0.4, 0.5) is 0 Å². The first-order chi connectivity index (χ1) is 16.3. The molecule has 4 N–H and O–H groups in total. The molecular weight excluding hydrogens is 436 g/mol. The van der Waals surface area contributed by atoms with Crippen molar-refractivity contribution in [1.29, 1.82) is 5.41 Å². The van der Waals surface area contributed by atoms with Crippen LogP contribution in [0.3, 0.4) is 0 Å². The van der Waals surface area contributed by atoms with Gasteiger partial charge in [0, 0.05) is 23.3 Å². The van der Waals surface area contributed by atoms with E-state index in [4.69, 9.17) is 20.7 Å². The third-order valence-electron chi connectivity index (χ3n) is 5.38. The second-order valence-corrected chi connectivity index (χ2v) is 7.73. The number of benzene rings is 2. The molecule has 0 bridgehead atoms. The summed E-state index contributed by atoms with van der Waals surface area (Å²) in [6.45, 7) is 1.66. The summed E-state index contributed by atoms with van der Waals surface area (Å²) in [5, 5.41) is 18.8. The lowest BCUT2D eigenvalue weighted by molar-refractivity contribution is -0.605. The van der Waals surface area contributed by atoms with E-state index in [1.165, 1.54) is 19.5 Å². The highest BCUT2D eigenvalue weighted by molar-refractivity contribution is 5.95. The van der Waals surface area contributed by atoms with E-state index in [9.17, 15) is 14.8 Å². The van der Waals surface area contributed by atoms with Crippen LogP contribution in [0.15, 0.2) is 73.1 Å². The molecule has 176 valence electrons. The number of pyridine rings is 1. The Balaban J connectivity index is 1.64. The number of amidine groups is 1. The van der Waals surface area contributed by atoms with Crippen molar-refractivity contribution in [3.8, 4) is 11.1 Å². The van der Waals surface area contributed by atoms with Crippen molar-refractivity contribution in [3.05, 3.63) is 95.0 Å². The van der Waals surface area contributed by atoms with Crippen molar-refractivity contribution in [2.75, 3.05) is 7.11 Å². The van der Waals surface area contributed by atoms with Gasteiger partial charge in [-0.1, -0.05) is 30.3 Å². The van der Waals surface area contributed by atoms with E-state index in [0.29, 0.717) is 15.9 Å². The fourth-order valence-corrected chi connectivity index (χ4v) is 3.42. The van der Waals surface area contributed by atoms with Gasteiger partial charge in [0.05, 0.1) is 19.1 Å². The van der Waals surface area contributed by atoms with Crippen LogP contribution in [-0.2, 0) is 20.8 Å². The van der Waals surface area contributed by atoms with Crippen molar-refractivity contribution in [3.63, 3.8) is 0 Å². The van der Waals surface area contributed by atoms with Gasteiger partial charge in [0.25, 0.3) is 5.91 Å². The van der Waals surface area contributed by atoms with Crippen molar-refractivity contribution < 1.29 is 23.9 Å². The summed E-state index contributed by atoms with van der Waals surface area (Å²) in [4.78, 5) is 30.4. The summed E-state index contributed by atoms with van der Waals surface area (Å²) >= 11 is 0. The molecule has 0 spiro atoms. The number of nitrogens with two attached hydrogens (primary N) is 1. The number of aromatic nitrogens is 1. The van der Waals surface area contributed by atoms with Gasteiger partial charge in [0.1, 0.15) is 5.84 Å². The summed E-state index contributed by atoms with van der Waals surface area (Å²) in [5.74, 6) is -1.72. The number of esters is 1. The van der Waals surface area contributed by atoms with Crippen molar-refractivity contribution in [2.45, 2.75) is 19.4 Å². The Bertz CT molecular complexity index is 1160. The topological polar surface area (TPSA) is 141 Å². The Kier molecular flexibility index (Phi) is 7.94. The molecule has 1 aromatic heterocycles. The van der Waals surface area contributed by atoms with Crippen LogP contribution in [0.1, 0.15) is 28.4 Å². The van der Waals surface area contributed by atoms with E-state index in [2.05, 4.69) is 5.48 Å². The zero-order chi connectivity index (χ0) is 24.7. The minimum atomic E-state index is -0.697. The molecule has 3 aromatic rings. The first-order valence-electron chi connectivity index (χ1n) is 10.5. The molecular formula is C25H26N4O5. The molecule has 2 atom stereocenters. The summed E-state index contributed by atoms with van der Waals surface area (Å²) in [6.07, 6.45) is 2.39. The van der Waals surface area contributed by atoms with Gasteiger partial charge in [-0.2, -0.15) is 4.73 Å². The molecule has 1 unspecified atom stereocenters.